The third-order valence-corrected chi connectivity index (χ3v) is 6.88. The lowest BCUT2D eigenvalue weighted by atomic mass is 10.1. The van der Waals surface area contributed by atoms with Crippen molar-refractivity contribution >= 4 is 28.2 Å². The number of thiocarbonyl (C=S) groups is 1. The summed E-state index contributed by atoms with van der Waals surface area (Å²) in [4.78, 5) is 20.5. The number of H-pyrrole nitrogens is 1. The monoisotopic (exact) mass is 494 g/mol. The molecule has 7 nitrogen and oxygen atoms in total. The molecule has 0 aliphatic carbocycles. The van der Waals surface area contributed by atoms with E-state index in [-0.39, 0.29) is 18.4 Å². The third-order valence-electron chi connectivity index (χ3n) is 6.50. The molecule has 0 bridgehead atoms. The van der Waals surface area contributed by atoms with E-state index >= 15 is 0 Å². The van der Waals surface area contributed by atoms with Gasteiger partial charge in [-0.15, -0.1) is 0 Å². The van der Waals surface area contributed by atoms with Crippen LogP contribution in [0.25, 0.3) is 10.9 Å². The smallest absolute Gasteiger partial charge is 0.253 e. The van der Waals surface area contributed by atoms with Crippen LogP contribution in [0.2, 0.25) is 0 Å². The average Bonchev–Trinajstić information content (AvgIpc) is 3.32. The summed E-state index contributed by atoms with van der Waals surface area (Å²) in [7, 11) is 0. The van der Waals surface area contributed by atoms with Crippen LogP contribution in [0, 0.1) is 0 Å². The minimum absolute atomic E-state index is 0.0589. The van der Waals surface area contributed by atoms with Gasteiger partial charge in [-0.1, -0.05) is 44.2 Å². The second-order valence-electron chi connectivity index (χ2n) is 8.80. The van der Waals surface area contributed by atoms with Crippen molar-refractivity contribution in [1.29, 1.82) is 0 Å². The Bertz CT molecular complexity index is 1210. The van der Waals surface area contributed by atoms with Gasteiger partial charge in [0.1, 0.15) is 0 Å². The first kappa shape index (κ1) is 25.0. The van der Waals surface area contributed by atoms with Crippen LogP contribution in [0.5, 0.6) is 11.5 Å². The predicted molar refractivity (Wildman–Crippen MR) is 144 cm³/mol. The zero-order valence-electron chi connectivity index (χ0n) is 20.7. The first-order valence-electron chi connectivity index (χ1n) is 12.3. The summed E-state index contributed by atoms with van der Waals surface area (Å²) in [5.41, 5.74) is 2.44. The maximum atomic E-state index is 13.0. The molecule has 0 saturated carbocycles. The van der Waals surface area contributed by atoms with Gasteiger partial charge in [-0.3, -0.25) is 4.79 Å². The Hall–Kier alpha value is -3.10. The van der Waals surface area contributed by atoms with Gasteiger partial charge in [0.15, 0.2) is 16.6 Å². The quantitative estimate of drug-likeness (QED) is 0.404. The van der Waals surface area contributed by atoms with E-state index in [0.717, 1.165) is 49.1 Å². The second kappa shape index (κ2) is 11.6. The number of benzene rings is 2. The van der Waals surface area contributed by atoms with Crippen molar-refractivity contribution in [3.05, 3.63) is 70.0 Å². The van der Waals surface area contributed by atoms with Crippen molar-refractivity contribution in [2.75, 3.05) is 33.0 Å². The van der Waals surface area contributed by atoms with Crippen molar-refractivity contribution in [3.8, 4) is 11.5 Å². The van der Waals surface area contributed by atoms with Crippen LogP contribution in [0.15, 0.2) is 53.3 Å². The lowest BCUT2D eigenvalue weighted by Gasteiger charge is -2.29. The highest BCUT2D eigenvalue weighted by Gasteiger charge is 2.18. The standard InChI is InChI=1S/C27H34N4O3S/c1-4-30(5-2)12-9-13-31(27(35)28-19(3)20-10-7-6-8-11-20)17-22-14-21-15-24-25(34-18-33-24)16-23(21)29-26(22)32/h6-8,10-11,14-16,19H,4-5,9,12-13,17-18H2,1-3H3,(H,28,35)(H,29,32)/t19-/m0/s1. The molecule has 0 radical (unpaired) electrons. The molecule has 0 unspecified atom stereocenters. The van der Waals surface area contributed by atoms with Gasteiger partial charge in [0, 0.05) is 23.6 Å². The number of rotatable bonds is 10. The highest BCUT2D eigenvalue weighted by atomic mass is 32.1. The molecule has 0 amide bonds. The van der Waals surface area contributed by atoms with E-state index in [1.165, 1.54) is 0 Å². The minimum Gasteiger partial charge on any atom is -0.454 e. The van der Waals surface area contributed by atoms with Gasteiger partial charge in [0.25, 0.3) is 5.56 Å². The fourth-order valence-electron chi connectivity index (χ4n) is 4.34. The molecule has 0 saturated heterocycles. The van der Waals surface area contributed by atoms with Gasteiger partial charge in [-0.25, -0.2) is 0 Å². The average molecular weight is 495 g/mol. The molecule has 3 aromatic rings. The number of nitrogens with one attached hydrogen (secondary N) is 2. The van der Waals surface area contributed by atoms with Crippen LogP contribution in [-0.2, 0) is 6.54 Å². The Morgan fingerprint density at radius 2 is 1.80 bits per heavy atom. The highest BCUT2D eigenvalue weighted by molar-refractivity contribution is 7.80. The Kier molecular flexibility index (Phi) is 8.25. The van der Waals surface area contributed by atoms with Gasteiger partial charge < -0.3 is 29.6 Å². The first-order valence-corrected chi connectivity index (χ1v) is 12.7. The molecular weight excluding hydrogens is 460 g/mol. The Morgan fingerprint density at radius 1 is 1.09 bits per heavy atom. The number of fused-ring (bicyclic) bond motifs is 2. The first-order chi connectivity index (χ1) is 17.0. The molecule has 2 N–H and O–H groups in total. The van der Waals surface area contributed by atoms with Crippen molar-refractivity contribution in [2.45, 2.75) is 39.8 Å². The topological polar surface area (TPSA) is 69.8 Å². The van der Waals surface area contributed by atoms with Crippen LogP contribution in [0.3, 0.4) is 0 Å². The molecular formula is C27H34N4O3S. The van der Waals surface area contributed by atoms with Gasteiger partial charge >= 0.3 is 0 Å². The van der Waals surface area contributed by atoms with E-state index in [9.17, 15) is 4.79 Å². The highest BCUT2D eigenvalue weighted by Crippen LogP contribution is 2.35. The number of aromatic amines is 1. The van der Waals surface area contributed by atoms with E-state index in [1.807, 2.05) is 36.4 Å². The van der Waals surface area contributed by atoms with E-state index in [4.69, 9.17) is 21.7 Å². The summed E-state index contributed by atoms with van der Waals surface area (Å²) in [5.74, 6) is 1.35. The molecule has 4 rings (SSSR count). The van der Waals surface area contributed by atoms with Crippen LogP contribution >= 0.6 is 12.2 Å². The van der Waals surface area contributed by atoms with Gasteiger partial charge in [-0.2, -0.15) is 0 Å². The van der Waals surface area contributed by atoms with Gasteiger partial charge in [0.05, 0.1) is 18.1 Å². The second-order valence-corrected chi connectivity index (χ2v) is 9.19. The van der Waals surface area contributed by atoms with Gasteiger partial charge in [0.2, 0.25) is 6.79 Å². The number of hydrogen-bond acceptors (Lipinski definition) is 5. The zero-order chi connectivity index (χ0) is 24.8. The summed E-state index contributed by atoms with van der Waals surface area (Å²) in [6.07, 6.45) is 0.952. The summed E-state index contributed by atoms with van der Waals surface area (Å²) in [5, 5.41) is 5.02. The normalized spacial score (nSPS) is 13.3. The van der Waals surface area contributed by atoms with E-state index in [0.29, 0.717) is 28.7 Å². The van der Waals surface area contributed by atoms with Crippen LogP contribution in [-0.4, -0.2) is 52.9 Å². The summed E-state index contributed by atoms with van der Waals surface area (Å²) in [6, 6.07) is 15.9. The fourth-order valence-corrected chi connectivity index (χ4v) is 4.68. The molecule has 1 aromatic heterocycles. The molecule has 186 valence electrons. The van der Waals surface area contributed by atoms with E-state index < -0.39 is 0 Å². The summed E-state index contributed by atoms with van der Waals surface area (Å²) < 4.78 is 11.0. The molecule has 35 heavy (non-hydrogen) atoms. The predicted octanol–water partition coefficient (Wildman–Crippen LogP) is 4.43. The molecule has 8 heteroatoms. The zero-order valence-corrected chi connectivity index (χ0v) is 21.5. The number of nitrogens with zero attached hydrogens (tertiary/aromatic N) is 2. The lowest BCUT2D eigenvalue weighted by molar-refractivity contribution is 0.174. The van der Waals surface area contributed by atoms with Crippen LogP contribution < -0.4 is 20.3 Å². The number of pyridine rings is 1. The number of ether oxygens (including phenoxy) is 2. The largest absolute Gasteiger partial charge is 0.454 e. The van der Waals surface area contributed by atoms with Crippen LogP contribution in [0.4, 0.5) is 0 Å². The maximum Gasteiger partial charge on any atom is 0.253 e. The molecule has 0 spiro atoms. The number of hydrogen-bond donors (Lipinski definition) is 2. The molecule has 2 aromatic carbocycles. The summed E-state index contributed by atoms with van der Waals surface area (Å²) in [6.45, 7) is 10.8. The van der Waals surface area contributed by atoms with E-state index in [2.05, 4.69) is 53.0 Å². The Balaban J connectivity index is 1.54. The Morgan fingerprint density at radius 3 is 2.51 bits per heavy atom. The molecule has 1 atom stereocenters. The van der Waals surface area contributed by atoms with Crippen molar-refractivity contribution in [3.63, 3.8) is 0 Å². The van der Waals surface area contributed by atoms with E-state index in [1.54, 1.807) is 0 Å². The van der Waals surface area contributed by atoms with Gasteiger partial charge in [-0.05, 0) is 62.9 Å². The molecule has 1 aliphatic rings. The lowest BCUT2D eigenvalue weighted by Crippen LogP contribution is -2.42. The number of aromatic nitrogens is 1. The maximum absolute atomic E-state index is 13.0. The van der Waals surface area contributed by atoms with Crippen molar-refractivity contribution in [2.24, 2.45) is 0 Å². The minimum atomic E-state index is -0.121. The van der Waals surface area contributed by atoms with Crippen LogP contribution in [0.1, 0.15) is 44.4 Å². The van der Waals surface area contributed by atoms with Crippen molar-refractivity contribution in [1.82, 2.24) is 20.1 Å². The Labute approximate surface area is 212 Å². The summed E-state index contributed by atoms with van der Waals surface area (Å²) >= 11 is 5.84. The molecule has 0 fully saturated rings. The SMILES string of the molecule is CCN(CC)CCCN(Cc1cc2cc3c(cc2[nH]c1=O)OCO3)C(=S)N[C@@H](C)c1ccccc1. The molecule has 2 heterocycles. The molecule has 1 aliphatic heterocycles. The third kappa shape index (κ3) is 6.13. The van der Waals surface area contributed by atoms with Crippen molar-refractivity contribution < 1.29 is 9.47 Å². The fraction of sp³-hybridized carbons (Fsp3) is 0.407.